The monoisotopic (exact) mass is 262 g/mol. The Morgan fingerprint density at radius 2 is 2.37 bits per heavy atom. The van der Waals surface area contributed by atoms with Gasteiger partial charge in [-0.05, 0) is 12.5 Å². The van der Waals surface area contributed by atoms with E-state index in [1.54, 1.807) is 18.5 Å². The molecule has 2 aromatic rings. The standard InChI is InChI=1S/C12H14N4O3/c1-2-3-7-19-10-9(11(17)18)8-13-12(15-10)16-6-4-5-14-16/h4-6,8H,2-3,7H2,1H3,(H,17,18). The molecule has 0 radical (unpaired) electrons. The second kappa shape index (κ2) is 5.94. The van der Waals surface area contributed by atoms with Crippen molar-refractivity contribution >= 4 is 5.97 Å². The highest BCUT2D eigenvalue weighted by molar-refractivity contribution is 5.89. The quantitative estimate of drug-likeness (QED) is 0.794. The normalized spacial score (nSPS) is 10.4. The van der Waals surface area contributed by atoms with Crippen molar-refractivity contribution in [2.24, 2.45) is 0 Å². The molecule has 0 atom stereocenters. The second-order valence-electron chi connectivity index (χ2n) is 3.85. The zero-order valence-electron chi connectivity index (χ0n) is 10.5. The molecule has 1 N–H and O–H groups in total. The maximum absolute atomic E-state index is 11.1. The lowest BCUT2D eigenvalue weighted by molar-refractivity contribution is 0.0690. The Hall–Kier alpha value is -2.44. The summed E-state index contributed by atoms with van der Waals surface area (Å²) in [6, 6.07) is 1.73. The molecular weight excluding hydrogens is 248 g/mol. The van der Waals surface area contributed by atoms with Crippen LogP contribution in [0.3, 0.4) is 0 Å². The van der Waals surface area contributed by atoms with E-state index in [4.69, 9.17) is 9.84 Å². The van der Waals surface area contributed by atoms with Gasteiger partial charge < -0.3 is 9.84 Å². The second-order valence-corrected chi connectivity index (χ2v) is 3.85. The van der Waals surface area contributed by atoms with Gasteiger partial charge in [0.1, 0.15) is 5.56 Å². The van der Waals surface area contributed by atoms with Crippen molar-refractivity contribution in [3.05, 3.63) is 30.2 Å². The summed E-state index contributed by atoms with van der Waals surface area (Å²) in [4.78, 5) is 19.1. The van der Waals surface area contributed by atoms with Crippen molar-refractivity contribution in [1.29, 1.82) is 0 Å². The number of nitrogens with zero attached hydrogens (tertiary/aromatic N) is 4. The minimum absolute atomic E-state index is 0.0491. The number of carboxylic acids is 1. The Morgan fingerprint density at radius 1 is 1.53 bits per heavy atom. The van der Waals surface area contributed by atoms with Crippen molar-refractivity contribution in [2.45, 2.75) is 19.8 Å². The summed E-state index contributed by atoms with van der Waals surface area (Å²) in [5, 5.41) is 13.0. The number of carboxylic acid groups (broad SMARTS) is 1. The first kappa shape index (κ1) is 13.0. The van der Waals surface area contributed by atoms with Crippen LogP contribution in [0.2, 0.25) is 0 Å². The fraction of sp³-hybridized carbons (Fsp3) is 0.333. The number of aromatic carboxylic acids is 1. The summed E-state index contributed by atoms with van der Waals surface area (Å²) in [5.74, 6) is -0.763. The summed E-state index contributed by atoms with van der Waals surface area (Å²) in [7, 11) is 0. The van der Waals surface area contributed by atoms with Crippen molar-refractivity contribution in [1.82, 2.24) is 19.7 Å². The molecule has 0 bridgehead atoms. The van der Waals surface area contributed by atoms with Gasteiger partial charge in [0.05, 0.1) is 12.8 Å². The van der Waals surface area contributed by atoms with Gasteiger partial charge in [-0.15, -0.1) is 0 Å². The van der Waals surface area contributed by atoms with Gasteiger partial charge in [0.15, 0.2) is 0 Å². The SMILES string of the molecule is CCCCOc1nc(-n2cccn2)ncc1C(=O)O. The maximum atomic E-state index is 11.1. The molecule has 2 heterocycles. The molecule has 0 aromatic carbocycles. The van der Waals surface area contributed by atoms with Crippen molar-refractivity contribution < 1.29 is 14.6 Å². The van der Waals surface area contributed by atoms with Gasteiger partial charge in [0.25, 0.3) is 5.95 Å². The van der Waals surface area contributed by atoms with E-state index >= 15 is 0 Å². The Morgan fingerprint density at radius 3 is 3.00 bits per heavy atom. The Labute approximate surface area is 109 Å². The third kappa shape index (κ3) is 3.06. The molecule has 2 aromatic heterocycles. The van der Waals surface area contributed by atoms with Crippen LogP contribution in [0.5, 0.6) is 5.88 Å². The molecule has 0 aliphatic heterocycles. The van der Waals surface area contributed by atoms with Crippen molar-refractivity contribution in [3.8, 4) is 11.8 Å². The van der Waals surface area contributed by atoms with Gasteiger partial charge in [0, 0.05) is 12.4 Å². The average molecular weight is 262 g/mol. The lowest BCUT2D eigenvalue weighted by Crippen LogP contribution is -2.10. The van der Waals surface area contributed by atoms with E-state index in [-0.39, 0.29) is 17.4 Å². The molecule has 0 unspecified atom stereocenters. The highest BCUT2D eigenvalue weighted by atomic mass is 16.5. The van der Waals surface area contributed by atoms with Crippen LogP contribution in [0.15, 0.2) is 24.7 Å². The van der Waals surface area contributed by atoms with Crippen LogP contribution in [0.25, 0.3) is 5.95 Å². The number of aromatic nitrogens is 4. The maximum Gasteiger partial charge on any atom is 0.342 e. The van der Waals surface area contributed by atoms with Crippen LogP contribution in [0.4, 0.5) is 0 Å². The van der Waals surface area contributed by atoms with Crippen LogP contribution >= 0.6 is 0 Å². The first-order valence-corrected chi connectivity index (χ1v) is 5.95. The van der Waals surface area contributed by atoms with Gasteiger partial charge in [0.2, 0.25) is 5.88 Å². The van der Waals surface area contributed by atoms with Crippen LogP contribution in [-0.4, -0.2) is 37.4 Å². The molecule has 0 saturated heterocycles. The van der Waals surface area contributed by atoms with E-state index in [0.29, 0.717) is 6.61 Å². The minimum Gasteiger partial charge on any atom is -0.477 e. The number of unbranched alkanes of at least 4 members (excludes halogenated alkanes) is 1. The van der Waals surface area contributed by atoms with E-state index in [1.807, 2.05) is 6.92 Å². The molecule has 0 aliphatic carbocycles. The highest BCUT2D eigenvalue weighted by Crippen LogP contribution is 2.16. The van der Waals surface area contributed by atoms with Gasteiger partial charge in [-0.1, -0.05) is 13.3 Å². The molecule has 0 fully saturated rings. The van der Waals surface area contributed by atoms with E-state index in [0.717, 1.165) is 12.8 Å². The molecule has 0 amide bonds. The fourth-order valence-corrected chi connectivity index (χ4v) is 1.42. The van der Waals surface area contributed by atoms with E-state index in [2.05, 4.69) is 15.1 Å². The minimum atomic E-state index is -1.11. The highest BCUT2D eigenvalue weighted by Gasteiger charge is 2.15. The molecule has 7 heteroatoms. The third-order valence-electron chi connectivity index (χ3n) is 2.42. The fourth-order valence-electron chi connectivity index (χ4n) is 1.42. The molecule has 19 heavy (non-hydrogen) atoms. The average Bonchev–Trinajstić information content (AvgIpc) is 2.92. The van der Waals surface area contributed by atoms with Crippen LogP contribution in [0, 0.1) is 0 Å². The lowest BCUT2D eigenvalue weighted by Gasteiger charge is -2.08. The van der Waals surface area contributed by atoms with Crippen molar-refractivity contribution in [2.75, 3.05) is 6.61 Å². The summed E-state index contributed by atoms with van der Waals surface area (Å²) in [6.45, 7) is 2.45. The van der Waals surface area contributed by atoms with Crippen LogP contribution in [0.1, 0.15) is 30.1 Å². The van der Waals surface area contributed by atoms with Crippen LogP contribution < -0.4 is 4.74 Å². The third-order valence-corrected chi connectivity index (χ3v) is 2.42. The summed E-state index contributed by atoms with van der Waals surface area (Å²) < 4.78 is 6.85. The van der Waals surface area contributed by atoms with E-state index in [1.165, 1.54) is 10.9 Å². The first-order chi connectivity index (χ1) is 9.22. The molecule has 0 aliphatic rings. The van der Waals surface area contributed by atoms with E-state index < -0.39 is 5.97 Å². The number of ether oxygens (including phenoxy) is 1. The summed E-state index contributed by atoms with van der Waals surface area (Å²) >= 11 is 0. The molecule has 7 nitrogen and oxygen atoms in total. The molecule has 2 rings (SSSR count). The zero-order chi connectivity index (χ0) is 13.7. The van der Waals surface area contributed by atoms with Crippen LogP contribution in [-0.2, 0) is 0 Å². The van der Waals surface area contributed by atoms with Gasteiger partial charge in [-0.3, -0.25) is 0 Å². The smallest absolute Gasteiger partial charge is 0.342 e. The number of hydrogen-bond acceptors (Lipinski definition) is 5. The number of hydrogen-bond donors (Lipinski definition) is 1. The van der Waals surface area contributed by atoms with Gasteiger partial charge in [-0.25, -0.2) is 14.5 Å². The van der Waals surface area contributed by atoms with Crippen molar-refractivity contribution in [3.63, 3.8) is 0 Å². The predicted molar refractivity (Wildman–Crippen MR) is 66.5 cm³/mol. The molecular formula is C12H14N4O3. The Bertz CT molecular complexity index is 554. The molecule has 0 saturated carbocycles. The number of rotatable bonds is 6. The van der Waals surface area contributed by atoms with E-state index in [9.17, 15) is 4.79 Å². The molecule has 0 spiro atoms. The topological polar surface area (TPSA) is 90.1 Å². The first-order valence-electron chi connectivity index (χ1n) is 5.95. The largest absolute Gasteiger partial charge is 0.477 e. The van der Waals surface area contributed by atoms with Gasteiger partial charge in [-0.2, -0.15) is 10.1 Å². The zero-order valence-corrected chi connectivity index (χ0v) is 10.5. The summed E-state index contributed by atoms with van der Waals surface area (Å²) in [5.41, 5.74) is -0.0491. The predicted octanol–water partition coefficient (Wildman–Crippen LogP) is 1.54. The van der Waals surface area contributed by atoms with Gasteiger partial charge >= 0.3 is 5.97 Å². The Balaban J connectivity index is 2.30. The summed E-state index contributed by atoms with van der Waals surface area (Å²) in [6.07, 6.45) is 6.28. The molecule has 100 valence electrons. The number of carbonyl (C=O) groups is 1. The Kier molecular flexibility index (Phi) is 4.07. The lowest BCUT2D eigenvalue weighted by atomic mass is 10.3.